The lowest BCUT2D eigenvalue weighted by Gasteiger charge is -2.15. The normalized spacial score (nSPS) is 10.4. The number of hydrogen-bond donors (Lipinski definition) is 3. The lowest BCUT2D eigenvalue weighted by molar-refractivity contribution is 0.0972. The lowest BCUT2D eigenvalue weighted by Crippen LogP contribution is -2.34. The molecule has 3 N–H and O–H groups in total. The molecule has 0 aliphatic rings. The molecule has 172 valence electrons. The summed E-state index contributed by atoms with van der Waals surface area (Å²) in [5, 5.41) is 10.2. The summed E-state index contributed by atoms with van der Waals surface area (Å²) in [7, 11) is 3.01. The van der Waals surface area contributed by atoms with E-state index in [9.17, 15) is 9.59 Å². The van der Waals surface area contributed by atoms with Gasteiger partial charge in [-0.05, 0) is 65.5 Å². The molecule has 9 heteroatoms. The van der Waals surface area contributed by atoms with Crippen LogP contribution in [0.3, 0.4) is 0 Å². The molecule has 2 amide bonds. The first-order valence-electron chi connectivity index (χ1n) is 10.2. The number of anilines is 2. The molecule has 8 nitrogen and oxygen atoms in total. The van der Waals surface area contributed by atoms with E-state index in [-0.39, 0.29) is 10.9 Å². The number of nitrogens with one attached hydrogen (secondary N) is 3. The summed E-state index contributed by atoms with van der Waals surface area (Å²) in [6.07, 6.45) is 1.42. The Balaban J connectivity index is 1.50. The van der Waals surface area contributed by atoms with Gasteiger partial charge in [-0.25, -0.2) is 0 Å². The van der Waals surface area contributed by atoms with Crippen LogP contribution >= 0.6 is 12.2 Å². The molecule has 3 aromatic carbocycles. The van der Waals surface area contributed by atoms with Crippen molar-refractivity contribution in [1.82, 2.24) is 5.32 Å². The van der Waals surface area contributed by atoms with Crippen LogP contribution in [0.1, 0.15) is 20.9 Å². The minimum atomic E-state index is -0.429. The summed E-state index contributed by atoms with van der Waals surface area (Å²) in [5.74, 6) is 0.245. The number of hydrogen-bond acceptors (Lipinski definition) is 6. The highest BCUT2D eigenvalue weighted by molar-refractivity contribution is 7.80. The molecule has 0 spiro atoms. The Kier molecular flexibility index (Phi) is 6.74. The molecule has 1 aromatic heterocycles. The number of ether oxygens (including phenoxy) is 2. The second kappa shape index (κ2) is 10.1. The van der Waals surface area contributed by atoms with E-state index in [4.69, 9.17) is 26.1 Å². The molecule has 4 aromatic rings. The van der Waals surface area contributed by atoms with Crippen LogP contribution in [0.4, 0.5) is 11.4 Å². The van der Waals surface area contributed by atoms with Gasteiger partial charge in [-0.3, -0.25) is 14.9 Å². The summed E-state index contributed by atoms with van der Waals surface area (Å²) in [4.78, 5) is 25.2. The number of methoxy groups -OCH3 is 2. The molecular weight excluding hydrogens is 454 g/mol. The first-order chi connectivity index (χ1) is 16.5. The SMILES string of the molecule is COc1ccc(NC(=O)c2ccco2)cc1NC(=S)NC(=O)c1cc2ccccc2cc1OC. The van der Waals surface area contributed by atoms with Gasteiger partial charge in [0.2, 0.25) is 0 Å². The van der Waals surface area contributed by atoms with Gasteiger partial charge in [0.1, 0.15) is 11.5 Å². The second-order valence-electron chi connectivity index (χ2n) is 7.15. The second-order valence-corrected chi connectivity index (χ2v) is 7.56. The van der Waals surface area contributed by atoms with E-state index in [1.54, 1.807) is 42.5 Å². The molecule has 0 saturated carbocycles. The lowest BCUT2D eigenvalue weighted by atomic mass is 10.1. The maximum Gasteiger partial charge on any atom is 0.291 e. The monoisotopic (exact) mass is 475 g/mol. The molecule has 0 atom stereocenters. The fraction of sp³-hybridized carbons (Fsp3) is 0.0800. The Morgan fingerprint density at radius 1 is 0.824 bits per heavy atom. The van der Waals surface area contributed by atoms with E-state index in [0.717, 1.165) is 10.8 Å². The Morgan fingerprint density at radius 3 is 2.24 bits per heavy atom. The average Bonchev–Trinajstić information content (AvgIpc) is 3.38. The van der Waals surface area contributed by atoms with Crippen LogP contribution < -0.4 is 25.4 Å². The van der Waals surface area contributed by atoms with Gasteiger partial charge in [0, 0.05) is 5.69 Å². The smallest absolute Gasteiger partial charge is 0.291 e. The topological polar surface area (TPSA) is 102 Å². The Labute approximate surface area is 200 Å². The number of rotatable bonds is 6. The fourth-order valence-corrected chi connectivity index (χ4v) is 3.58. The van der Waals surface area contributed by atoms with Crippen molar-refractivity contribution < 1.29 is 23.5 Å². The minimum absolute atomic E-state index is 0.0491. The molecule has 0 bridgehead atoms. The van der Waals surface area contributed by atoms with E-state index in [2.05, 4.69) is 16.0 Å². The zero-order chi connectivity index (χ0) is 24.1. The van der Waals surface area contributed by atoms with Gasteiger partial charge in [-0.15, -0.1) is 0 Å². The van der Waals surface area contributed by atoms with Crippen molar-refractivity contribution in [2.75, 3.05) is 24.9 Å². The minimum Gasteiger partial charge on any atom is -0.496 e. The largest absolute Gasteiger partial charge is 0.496 e. The number of fused-ring (bicyclic) bond motifs is 1. The van der Waals surface area contributed by atoms with Crippen LogP contribution in [-0.2, 0) is 0 Å². The van der Waals surface area contributed by atoms with Gasteiger partial charge in [0.05, 0.1) is 31.7 Å². The molecule has 0 fully saturated rings. The molecule has 0 radical (unpaired) electrons. The number of carbonyl (C=O) groups excluding carboxylic acids is 2. The highest BCUT2D eigenvalue weighted by atomic mass is 32.1. The number of carbonyl (C=O) groups is 2. The van der Waals surface area contributed by atoms with Crippen LogP contribution in [0.5, 0.6) is 11.5 Å². The van der Waals surface area contributed by atoms with Gasteiger partial charge in [-0.2, -0.15) is 0 Å². The summed E-state index contributed by atoms with van der Waals surface area (Å²) in [5.41, 5.74) is 1.28. The average molecular weight is 476 g/mol. The van der Waals surface area contributed by atoms with Gasteiger partial charge >= 0.3 is 0 Å². The van der Waals surface area contributed by atoms with E-state index in [0.29, 0.717) is 28.4 Å². The first-order valence-corrected chi connectivity index (χ1v) is 10.6. The summed E-state index contributed by atoms with van der Waals surface area (Å²) in [6.45, 7) is 0. The summed E-state index contributed by atoms with van der Waals surface area (Å²) >= 11 is 5.35. The molecule has 1 heterocycles. The van der Waals surface area contributed by atoms with Crippen LogP contribution in [0.25, 0.3) is 10.8 Å². The number of thiocarbonyl (C=S) groups is 1. The molecule has 0 aliphatic heterocycles. The van der Waals surface area contributed by atoms with Crippen molar-refractivity contribution >= 4 is 51.3 Å². The zero-order valence-corrected chi connectivity index (χ0v) is 19.2. The van der Waals surface area contributed by atoms with Crippen molar-refractivity contribution in [3.63, 3.8) is 0 Å². The van der Waals surface area contributed by atoms with Crippen molar-refractivity contribution in [1.29, 1.82) is 0 Å². The third-order valence-corrected chi connectivity index (χ3v) is 5.19. The molecule has 0 saturated heterocycles. The third-order valence-electron chi connectivity index (χ3n) is 4.99. The quantitative estimate of drug-likeness (QED) is 0.343. The van der Waals surface area contributed by atoms with E-state index < -0.39 is 11.8 Å². The molecule has 0 aliphatic carbocycles. The standard InChI is InChI=1S/C25H21N3O5S/c1-31-20-10-9-17(26-24(30)21-8-5-11-33-21)14-19(20)27-25(34)28-23(29)18-12-15-6-3-4-7-16(15)13-22(18)32-2/h3-14H,1-2H3,(H,26,30)(H2,27,28,29,34). The zero-order valence-electron chi connectivity index (χ0n) is 18.4. The van der Waals surface area contributed by atoms with Gasteiger partial charge < -0.3 is 24.5 Å². The van der Waals surface area contributed by atoms with Crippen LogP contribution in [0, 0.1) is 0 Å². The highest BCUT2D eigenvalue weighted by Crippen LogP contribution is 2.29. The Hall–Kier alpha value is -4.37. The summed E-state index contributed by atoms with van der Waals surface area (Å²) in [6, 6.07) is 19.4. The van der Waals surface area contributed by atoms with Crippen molar-refractivity contribution in [3.05, 3.63) is 84.3 Å². The predicted octanol–water partition coefficient (Wildman–Crippen LogP) is 4.83. The van der Waals surface area contributed by atoms with Gasteiger partial charge in [0.25, 0.3) is 11.8 Å². The van der Waals surface area contributed by atoms with Crippen LogP contribution in [-0.4, -0.2) is 31.1 Å². The van der Waals surface area contributed by atoms with Crippen molar-refractivity contribution in [2.45, 2.75) is 0 Å². The first kappa shape index (κ1) is 22.8. The molecular formula is C25H21N3O5S. The Morgan fingerprint density at radius 2 is 1.56 bits per heavy atom. The molecule has 34 heavy (non-hydrogen) atoms. The highest BCUT2D eigenvalue weighted by Gasteiger charge is 2.17. The van der Waals surface area contributed by atoms with Gasteiger partial charge in [-0.1, -0.05) is 24.3 Å². The van der Waals surface area contributed by atoms with Crippen molar-refractivity contribution in [3.8, 4) is 11.5 Å². The molecule has 4 rings (SSSR count). The third kappa shape index (κ3) is 5.00. The number of amides is 2. The van der Waals surface area contributed by atoms with Crippen LogP contribution in [0.2, 0.25) is 0 Å². The van der Waals surface area contributed by atoms with Crippen molar-refractivity contribution in [2.24, 2.45) is 0 Å². The van der Waals surface area contributed by atoms with E-state index >= 15 is 0 Å². The maximum atomic E-state index is 12.9. The number of furan rings is 1. The maximum absolute atomic E-state index is 12.9. The Bertz CT molecular complexity index is 1370. The molecule has 0 unspecified atom stereocenters. The predicted molar refractivity (Wildman–Crippen MR) is 134 cm³/mol. The number of benzene rings is 3. The fourth-order valence-electron chi connectivity index (χ4n) is 3.37. The van der Waals surface area contributed by atoms with E-state index in [1.807, 2.05) is 24.3 Å². The van der Waals surface area contributed by atoms with E-state index in [1.165, 1.54) is 20.5 Å². The van der Waals surface area contributed by atoms with Crippen LogP contribution in [0.15, 0.2) is 77.4 Å². The van der Waals surface area contributed by atoms with Gasteiger partial charge in [0.15, 0.2) is 10.9 Å². The summed E-state index contributed by atoms with van der Waals surface area (Å²) < 4.78 is 15.9.